The summed E-state index contributed by atoms with van der Waals surface area (Å²) in [5.74, 6) is -0.477. The molecule has 0 amide bonds. The van der Waals surface area contributed by atoms with E-state index in [1.807, 2.05) is 50.2 Å². The van der Waals surface area contributed by atoms with Gasteiger partial charge in [-0.25, -0.2) is 9.59 Å². The highest BCUT2D eigenvalue weighted by Gasteiger charge is 2.04. The summed E-state index contributed by atoms with van der Waals surface area (Å²) in [4.78, 5) is 22.4. The summed E-state index contributed by atoms with van der Waals surface area (Å²) in [5, 5.41) is 0. The Balaban J connectivity index is 0.000000443. The minimum absolute atomic E-state index is 0. The van der Waals surface area contributed by atoms with Crippen molar-refractivity contribution in [2.75, 3.05) is 13.2 Å². The van der Waals surface area contributed by atoms with Crippen LogP contribution in [0.25, 0.3) is 0 Å². The van der Waals surface area contributed by atoms with Crippen molar-refractivity contribution in [1.82, 2.24) is 0 Å². The number of carbonyl (C=O) groups excluding carboxylic acids is 2. The summed E-state index contributed by atoms with van der Waals surface area (Å²) in [5.41, 5.74) is 1.23. The molecule has 2 rings (SSSR count). The molecule has 25 heavy (non-hydrogen) atoms. The van der Waals surface area contributed by atoms with Gasteiger partial charge in [0.05, 0.1) is 24.3 Å². The lowest BCUT2D eigenvalue weighted by Gasteiger charge is -2.01. The molecule has 5 heteroatoms. The Kier molecular flexibility index (Phi) is 12.3. The Morgan fingerprint density at radius 1 is 0.680 bits per heavy atom. The number of benzene rings is 2. The first-order valence-corrected chi connectivity index (χ1v) is 8.13. The Morgan fingerprint density at radius 2 is 1.00 bits per heavy atom. The average Bonchev–Trinajstić information content (AvgIpc) is 2.66. The van der Waals surface area contributed by atoms with E-state index in [2.05, 4.69) is 0 Å². The molecule has 0 bridgehead atoms. The van der Waals surface area contributed by atoms with Gasteiger partial charge in [0.15, 0.2) is 0 Å². The number of esters is 2. The topological polar surface area (TPSA) is 84.1 Å². The SMILES string of the molecule is CCCOC(=O)c1ccccc1.CCCOC(=O)c1ccccc1.O. The lowest BCUT2D eigenvalue weighted by atomic mass is 10.2. The fraction of sp³-hybridized carbons (Fsp3) is 0.300. The summed E-state index contributed by atoms with van der Waals surface area (Å²) in [6, 6.07) is 18.0. The van der Waals surface area contributed by atoms with Crippen LogP contribution in [0, 0.1) is 0 Å². The first-order chi connectivity index (χ1) is 11.7. The summed E-state index contributed by atoms with van der Waals surface area (Å²) in [6.07, 6.45) is 1.72. The number of hydrogen-bond acceptors (Lipinski definition) is 4. The molecule has 2 N–H and O–H groups in total. The highest BCUT2D eigenvalue weighted by molar-refractivity contribution is 5.89. The standard InChI is InChI=1S/2C10H12O2.H2O/c2*1-2-8-12-10(11)9-6-4-3-5-7-9;/h2*3-7H,2,8H2,1H3;1H2. The fourth-order valence-corrected chi connectivity index (χ4v) is 1.70. The molecule has 0 radical (unpaired) electrons. The number of carbonyl (C=O) groups is 2. The summed E-state index contributed by atoms with van der Waals surface area (Å²) < 4.78 is 9.88. The molecule has 0 fully saturated rings. The van der Waals surface area contributed by atoms with Crippen molar-refractivity contribution in [2.24, 2.45) is 0 Å². The lowest BCUT2D eigenvalue weighted by Crippen LogP contribution is -2.05. The molecule has 0 aliphatic rings. The first kappa shape index (κ1) is 22.3. The quantitative estimate of drug-likeness (QED) is 0.747. The molecule has 0 unspecified atom stereocenters. The Bertz CT molecular complexity index is 540. The van der Waals surface area contributed by atoms with Gasteiger partial charge in [-0.3, -0.25) is 0 Å². The van der Waals surface area contributed by atoms with E-state index in [0.717, 1.165) is 12.8 Å². The zero-order valence-corrected chi connectivity index (χ0v) is 14.7. The summed E-state index contributed by atoms with van der Waals surface area (Å²) in [7, 11) is 0. The lowest BCUT2D eigenvalue weighted by molar-refractivity contribution is 0.0496. The maximum absolute atomic E-state index is 11.2. The van der Waals surface area contributed by atoms with Crippen molar-refractivity contribution < 1.29 is 24.5 Å². The van der Waals surface area contributed by atoms with Crippen LogP contribution in [0.3, 0.4) is 0 Å². The van der Waals surface area contributed by atoms with E-state index >= 15 is 0 Å². The Morgan fingerprint density at radius 3 is 1.28 bits per heavy atom. The van der Waals surface area contributed by atoms with Gasteiger partial charge < -0.3 is 14.9 Å². The van der Waals surface area contributed by atoms with Gasteiger partial charge in [0, 0.05) is 0 Å². The Hall–Kier alpha value is -2.66. The second-order valence-corrected chi connectivity index (χ2v) is 5.00. The van der Waals surface area contributed by atoms with Crippen molar-refractivity contribution >= 4 is 11.9 Å². The highest BCUT2D eigenvalue weighted by Crippen LogP contribution is 2.01. The van der Waals surface area contributed by atoms with Gasteiger partial charge in [-0.2, -0.15) is 0 Å². The van der Waals surface area contributed by atoms with Crippen molar-refractivity contribution in [2.45, 2.75) is 26.7 Å². The van der Waals surface area contributed by atoms with Crippen molar-refractivity contribution in [3.63, 3.8) is 0 Å². The van der Waals surface area contributed by atoms with Crippen LogP contribution in [0.2, 0.25) is 0 Å². The van der Waals surface area contributed by atoms with E-state index in [1.54, 1.807) is 24.3 Å². The molecule has 0 spiro atoms. The molecule has 0 saturated heterocycles. The van der Waals surface area contributed by atoms with Crippen LogP contribution in [0.4, 0.5) is 0 Å². The second kappa shape index (κ2) is 13.7. The molecule has 0 atom stereocenters. The maximum atomic E-state index is 11.2. The van der Waals surface area contributed by atoms with Crippen molar-refractivity contribution in [3.8, 4) is 0 Å². The predicted molar refractivity (Wildman–Crippen MR) is 97.6 cm³/mol. The normalized spacial score (nSPS) is 9.04. The second-order valence-electron chi connectivity index (χ2n) is 5.00. The van der Waals surface area contributed by atoms with Crippen LogP contribution in [0.5, 0.6) is 0 Å². The van der Waals surface area contributed by atoms with E-state index < -0.39 is 0 Å². The third-order valence-electron chi connectivity index (χ3n) is 2.89. The average molecular weight is 346 g/mol. The zero-order valence-electron chi connectivity index (χ0n) is 14.7. The highest BCUT2D eigenvalue weighted by atomic mass is 16.5. The minimum Gasteiger partial charge on any atom is -0.462 e. The van der Waals surface area contributed by atoms with Gasteiger partial charge >= 0.3 is 11.9 Å². The van der Waals surface area contributed by atoms with Gasteiger partial charge in [-0.1, -0.05) is 50.2 Å². The van der Waals surface area contributed by atoms with E-state index in [1.165, 1.54) is 0 Å². The number of hydrogen-bond donors (Lipinski definition) is 0. The molecule has 0 aliphatic carbocycles. The smallest absolute Gasteiger partial charge is 0.338 e. The van der Waals surface area contributed by atoms with E-state index in [0.29, 0.717) is 24.3 Å². The fourth-order valence-electron chi connectivity index (χ4n) is 1.70. The molecule has 0 saturated carbocycles. The molecular formula is C20H26O5. The summed E-state index contributed by atoms with van der Waals surface area (Å²) in [6.45, 7) is 4.93. The van der Waals surface area contributed by atoms with Crippen LogP contribution in [0.1, 0.15) is 47.4 Å². The van der Waals surface area contributed by atoms with Gasteiger partial charge in [-0.15, -0.1) is 0 Å². The molecular weight excluding hydrogens is 320 g/mol. The monoisotopic (exact) mass is 346 g/mol. The number of ether oxygens (including phenoxy) is 2. The molecule has 0 heterocycles. The van der Waals surface area contributed by atoms with E-state index in [4.69, 9.17) is 9.47 Å². The maximum Gasteiger partial charge on any atom is 0.338 e. The van der Waals surface area contributed by atoms with Gasteiger partial charge in [0.25, 0.3) is 0 Å². The molecule has 0 aliphatic heterocycles. The Labute approximate surface area is 148 Å². The van der Waals surface area contributed by atoms with E-state index in [9.17, 15) is 9.59 Å². The molecule has 5 nitrogen and oxygen atoms in total. The van der Waals surface area contributed by atoms with Crippen LogP contribution in [0.15, 0.2) is 60.7 Å². The number of rotatable bonds is 6. The third kappa shape index (κ3) is 9.27. The predicted octanol–water partition coefficient (Wildman–Crippen LogP) is 3.68. The molecule has 2 aromatic rings. The minimum atomic E-state index is -0.238. The zero-order chi connectivity index (χ0) is 17.6. The van der Waals surface area contributed by atoms with Crippen LogP contribution >= 0.6 is 0 Å². The van der Waals surface area contributed by atoms with Gasteiger partial charge in [0.2, 0.25) is 0 Å². The van der Waals surface area contributed by atoms with Crippen LogP contribution in [-0.2, 0) is 9.47 Å². The molecule has 0 aromatic heterocycles. The molecule has 2 aromatic carbocycles. The first-order valence-electron chi connectivity index (χ1n) is 8.13. The third-order valence-corrected chi connectivity index (χ3v) is 2.89. The van der Waals surface area contributed by atoms with Crippen molar-refractivity contribution in [1.29, 1.82) is 0 Å². The largest absolute Gasteiger partial charge is 0.462 e. The van der Waals surface area contributed by atoms with E-state index in [-0.39, 0.29) is 17.4 Å². The van der Waals surface area contributed by atoms with Crippen LogP contribution in [-0.4, -0.2) is 30.6 Å². The summed E-state index contributed by atoms with van der Waals surface area (Å²) >= 11 is 0. The molecule has 136 valence electrons. The van der Waals surface area contributed by atoms with Crippen LogP contribution < -0.4 is 0 Å². The van der Waals surface area contributed by atoms with Crippen molar-refractivity contribution in [3.05, 3.63) is 71.8 Å². The van der Waals surface area contributed by atoms with Gasteiger partial charge in [0.1, 0.15) is 0 Å². The van der Waals surface area contributed by atoms with Gasteiger partial charge in [-0.05, 0) is 37.1 Å².